The second-order valence-electron chi connectivity index (χ2n) is 3.08. The molecule has 1 fully saturated rings. The standard InChI is InChI=1S/C9H8Br3NO/c10-5-1-7(11)9(8(12)2-5)13-3-6-4-14-6/h1-2,6,13H,3-4H2. The minimum absolute atomic E-state index is 0.387. The lowest BCUT2D eigenvalue weighted by atomic mass is 10.3. The molecule has 1 saturated heterocycles. The smallest absolute Gasteiger partial charge is 0.0981 e. The van der Waals surface area contributed by atoms with Gasteiger partial charge in [0.25, 0.3) is 0 Å². The summed E-state index contributed by atoms with van der Waals surface area (Å²) in [6.07, 6.45) is 0.387. The van der Waals surface area contributed by atoms with Crippen LogP contribution in [0.3, 0.4) is 0 Å². The molecule has 0 spiro atoms. The Balaban J connectivity index is 2.13. The van der Waals surface area contributed by atoms with Gasteiger partial charge in [-0.2, -0.15) is 0 Å². The number of benzene rings is 1. The van der Waals surface area contributed by atoms with Crippen molar-refractivity contribution in [2.75, 3.05) is 18.5 Å². The van der Waals surface area contributed by atoms with Gasteiger partial charge in [0.2, 0.25) is 0 Å². The number of rotatable bonds is 3. The van der Waals surface area contributed by atoms with Crippen molar-refractivity contribution in [1.29, 1.82) is 0 Å². The number of ether oxygens (including phenoxy) is 1. The number of hydrogen-bond acceptors (Lipinski definition) is 2. The van der Waals surface area contributed by atoms with E-state index in [-0.39, 0.29) is 0 Å². The fourth-order valence-corrected chi connectivity index (χ4v) is 3.65. The van der Waals surface area contributed by atoms with Crippen LogP contribution in [-0.4, -0.2) is 19.3 Å². The van der Waals surface area contributed by atoms with Crippen LogP contribution in [0.2, 0.25) is 0 Å². The van der Waals surface area contributed by atoms with Gasteiger partial charge in [-0.15, -0.1) is 0 Å². The molecule has 2 nitrogen and oxygen atoms in total. The van der Waals surface area contributed by atoms with Crippen LogP contribution in [0, 0.1) is 0 Å². The maximum atomic E-state index is 5.13. The van der Waals surface area contributed by atoms with Gasteiger partial charge in [0.1, 0.15) is 0 Å². The third-order valence-corrected chi connectivity index (χ3v) is 3.62. The second-order valence-corrected chi connectivity index (χ2v) is 5.71. The van der Waals surface area contributed by atoms with E-state index in [0.29, 0.717) is 6.10 Å². The number of epoxide rings is 1. The van der Waals surface area contributed by atoms with Crippen LogP contribution in [0.25, 0.3) is 0 Å². The molecule has 0 aliphatic carbocycles. The SMILES string of the molecule is Brc1cc(Br)c(NCC2CO2)c(Br)c1. The normalized spacial score (nSPS) is 19.5. The van der Waals surface area contributed by atoms with E-state index in [1.54, 1.807) is 0 Å². The van der Waals surface area contributed by atoms with Crippen LogP contribution in [0.5, 0.6) is 0 Å². The van der Waals surface area contributed by atoms with Crippen LogP contribution >= 0.6 is 47.8 Å². The second kappa shape index (κ2) is 4.51. The van der Waals surface area contributed by atoms with Gasteiger partial charge in [0.15, 0.2) is 0 Å². The molecule has 1 atom stereocenters. The fourth-order valence-electron chi connectivity index (χ4n) is 1.11. The van der Waals surface area contributed by atoms with Gasteiger partial charge in [-0.1, -0.05) is 15.9 Å². The van der Waals surface area contributed by atoms with Gasteiger partial charge in [0, 0.05) is 20.0 Å². The van der Waals surface area contributed by atoms with E-state index in [2.05, 4.69) is 53.1 Å². The predicted molar refractivity (Wildman–Crippen MR) is 67.8 cm³/mol. The van der Waals surface area contributed by atoms with E-state index in [1.165, 1.54) is 0 Å². The first-order valence-corrected chi connectivity index (χ1v) is 6.55. The van der Waals surface area contributed by atoms with Gasteiger partial charge in [-0.25, -0.2) is 0 Å². The van der Waals surface area contributed by atoms with Crippen molar-refractivity contribution in [2.24, 2.45) is 0 Å². The van der Waals surface area contributed by atoms with Crippen LogP contribution in [-0.2, 0) is 4.74 Å². The molecule has 1 aromatic carbocycles. The molecule has 2 rings (SSSR count). The van der Waals surface area contributed by atoms with Crippen molar-refractivity contribution in [3.63, 3.8) is 0 Å². The van der Waals surface area contributed by atoms with E-state index in [9.17, 15) is 0 Å². The highest BCUT2D eigenvalue weighted by Gasteiger charge is 2.22. The summed E-state index contributed by atoms with van der Waals surface area (Å²) in [5.74, 6) is 0. The highest BCUT2D eigenvalue weighted by Crippen LogP contribution is 2.34. The molecule has 76 valence electrons. The first-order valence-electron chi connectivity index (χ1n) is 4.17. The molecule has 0 radical (unpaired) electrons. The van der Waals surface area contributed by atoms with Crippen LogP contribution in [0.15, 0.2) is 25.6 Å². The zero-order valence-electron chi connectivity index (χ0n) is 7.19. The molecular formula is C9H8Br3NO. The first kappa shape index (κ1) is 10.9. The molecule has 0 saturated carbocycles. The van der Waals surface area contributed by atoms with Crippen molar-refractivity contribution < 1.29 is 4.74 Å². The van der Waals surface area contributed by atoms with Crippen molar-refractivity contribution in [2.45, 2.75) is 6.10 Å². The molecule has 1 aliphatic heterocycles. The Hall–Kier alpha value is 0.420. The minimum atomic E-state index is 0.387. The summed E-state index contributed by atoms with van der Waals surface area (Å²) in [7, 11) is 0. The van der Waals surface area contributed by atoms with E-state index in [4.69, 9.17) is 4.74 Å². The highest BCUT2D eigenvalue weighted by atomic mass is 79.9. The predicted octanol–water partition coefficient (Wildman–Crippen LogP) is 3.78. The molecule has 1 aromatic rings. The molecule has 1 aliphatic rings. The van der Waals surface area contributed by atoms with Crippen LogP contribution < -0.4 is 5.32 Å². The van der Waals surface area contributed by atoms with Crippen LogP contribution in [0.1, 0.15) is 0 Å². The summed E-state index contributed by atoms with van der Waals surface area (Å²) in [5, 5.41) is 3.33. The summed E-state index contributed by atoms with van der Waals surface area (Å²) < 4.78 is 8.26. The lowest BCUT2D eigenvalue weighted by molar-refractivity contribution is 0.416. The lowest BCUT2D eigenvalue weighted by Crippen LogP contribution is -2.08. The van der Waals surface area contributed by atoms with E-state index >= 15 is 0 Å². The molecule has 0 bridgehead atoms. The van der Waals surface area contributed by atoms with Crippen molar-refractivity contribution in [3.8, 4) is 0 Å². The Morgan fingerprint density at radius 2 is 1.86 bits per heavy atom. The Bertz CT molecular complexity index is 329. The molecule has 14 heavy (non-hydrogen) atoms. The van der Waals surface area contributed by atoms with Crippen molar-refractivity contribution in [3.05, 3.63) is 25.6 Å². The summed E-state index contributed by atoms with van der Waals surface area (Å²) >= 11 is 10.4. The van der Waals surface area contributed by atoms with E-state index < -0.39 is 0 Å². The van der Waals surface area contributed by atoms with Gasteiger partial charge in [-0.05, 0) is 44.0 Å². The largest absolute Gasteiger partial charge is 0.381 e. The van der Waals surface area contributed by atoms with Crippen molar-refractivity contribution >= 4 is 53.5 Å². The monoisotopic (exact) mass is 383 g/mol. The van der Waals surface area contributed by atoms with Crippen LogP contribution in [0.4, 0.5) is 5.69 Å². The third-order valence-electron chi connectivity index (χ3n) is 1.92. The van der Waals surface area contributed by atoms with Gasteiger partial charge in [0.05, 0.1) is 18.4 Å². The number of nitrogens with one attached hydrogen (secondary N) is 1. The molecule has 1 unspecified atom stereocenters. The molecular weight excluding hydrogens is 378 g/mol. The average Bonchev–Trinajstić information content (AvgIpc) is 2.85. The summed E-state index contributed by atoms with van der Waals surface area (Å²) in [5.41, 5.74) is 1.07. The highest BCUT2D eigenvalue weighted by molar-refractivity contribution is 9.11. The number of hydrogen-bond donors (Lipinski definition) is 1. The fraction of sp³-hybridized carbons (Fsp3) is 0.333. The van der Waals surface area contributed by atoms with Crippen molar-refractivity contribution in [1.82, 2.24) is 0 Å². The quantitative estimate of drug-likeness (QED) is 0.801. The molecule has 5 heteroatoms. The maximum Gasteiger partial charge on any atom is 0.0981 e. The lowest BCUT2D eigenvalue weighted by Gasteiger charge is -2.09. The Labute approximate surface area is 108 Å². The third kappa shape index (κ3) is 2.72. The zero-order valence-corrected chi connectivity index (χ0v) is 11.9. The van der Waals surface area contributed by atoms with Gasteiger partial charge < -0.3 is 10.1 Å². The molecule has 0 amide bonds. The van der Waals surface area contributed by atoms with Gasteiger partial charge in [-0.3, -0.25) is 0 Å². The summed E-state index contributed by atoms with van der Waals surface area (Å²) in [4.78, 5) is 0. The molecule has 1 N–H and O–H groups in total. The Morgan fingerprint density at radius 1 is 1.29 bits per heavy atom. The number of anilines is 1. The Morgan fingerprint density at radius 3 is 2.36 bits per heavy atom. The Kier molecular flexibility index (Phi) is 3.52. The number of halogens is 3. The molecule has 0 aromatic heterocycles. The minimum Gasteiger partial charge on any atom is -0.381 e. The zero-order chi connectivity index (χ0) is 10.1. The topological polar surface area (TPSA) is 24.6 Å². The molecule has 1 heterocycles. The van der Waals surface area contributed by atoms with E-state index in [1.807, 2.05) is 12.1 Å². The maximum absolute atomic E-state index is 5.13. The summed E-state index contributed by atoms with van der Waals surface area (Å²) in [6.45, 7) is 1.73. The van der Waals surface area contributed by atoms with Gasteiger partial charge >= 0.3 is 0 Å². The average molecular weight is 386 g/mol. The summed E-state index contributed by atoms with van der Waals surface area (Å²) in [6, 6.07) is 4.03. The first-order chi connectivity index (χ1) is 6.66. The van der Waals surface area contributed by atoms with E-state index in [0.717, 1.165) is 32.3 Å².